The first-order chi connectivity index (χ1) is 5.66. The second-order valence-electron chi connectivity index (χ2n) is 2.33. The van der Waals surface area contributed by atoms with Crippen LogP contribution in [0.4, 0.5) is 0 Å². The largest absolute Gasteiger partial charge is 0.103 e. The topological polar surface area (TPSA) is 0 Å². The Labute approximate surface area is 86.7 Å². The van der Waals surface area contributed by atoms with Gasteiger partial charge in [-0.3, -0.25) is 0 Å². The van der Waals surface area contributed by atoms with E-state index in [1.807, 2.05) is 6.07 Å². The summed E-state index contributed by atoms with van der Waals surface area (Å²) in [6.07, 6.45) is 2.47. The number of hydrogen-bond acceptors (Lipinski definition) is 0. The predicted octanol–water partition coefficient (Wildman–Crippen LogP) is 4.38. The fraction of sp³-hybridized carbons (Fsp3) is 0.111. The summed E-state index contributed by atoms with van der Waals surface area (Å²) < 4.78 is 0. The van der Waals surface area contributed by atoms with Crippen molar-refractivity contribution < 1.29 is 0 Å². The molecule has 0 saturated heterocycles. The molecule has 1 rings (SSSR count). The average molecular weight is 222 g/mol. The fourth-order valence-electron chi connectivity index (χ4n) is 0.879. The smallest absolute Gasteiger partial charge is 0.0781 e. The normalized spacial score (nSPS) is 9.92. The molecule has 1 aromatic rings. The highest BCUT2D eigenvalue weighted by atomic mass is 35.5. The van der Waals surface area contributed by atoms with Crippen LogP contribution in [0.5, 0.6) is 0 Å². The van der Waals surface area contributed by atoms with Crippen molar-refractivity contribution in [3.8, 4) is 0 Å². The molecule has 0 atom stereocenters. The molecule has 12 heavy (non-hydrogen) atoms. The standard InChI is InChI=1S/C9H7Cl3/c1-2-3-6-4-5-7(10)9(12)8(6)11/h2,4-5H,1,3H2. The Kier molecular flexibility index (Phi) is 3.45. The highest BCUT2D eigenvalue weighted by Crippen LogP contribution is 2.32. The van der Waals surface area contributed by atoms with E-state index in [1.54, 1.807) is 12.1 Å². The van der Waals surface area contributed by atoms with E-state index in [1.165, 1.54) is 0 Å². The summed E-state index contributed by atoms with van der Waals surface area (Å²) in [5, 5.41) is 1.41. The van der Waals surface area contributed by atoms with Crippen LogP contribution in [-0.4, -0.2) is 0 Å². The highest BCUT2D eigenvalue weighted by Gasteiger charge is 2.06. The second-order valence-corrected chi connectivity index (χ2v) is 3.49. The number of benzene rings is 1. The Morgan fingerprint density at radius 3 is 2.42 bits per heavy atom. The van der Waals surface area contributed by atoms with E-state index in [0.717, 1.165) is 5.56 Å². The summed E-state index contributed by atoms with van der Waals surface area (Å²) in [5.41, 5.74) is 0.945. The molecule has 0 aliphatic heterocycles. The Hall–Kier alpha value is -0.170. The van der Waals surface area contributed by atoms with Crippen LogP contribution in [0.1, 0.15) is 5.56 Å². The monoisotopic (exact) mass is 220 g/mol. The van der Waals surface area contributed by atoms with E-state index < -0.39 is 0 Å². The lowest BCUT2D eigenvalue weighted by molar-refractivity contribution is 1.28. The third-order valence-electron chi connectivity index (χ3n) is 1.48. The molecule has 0 aliphatic carbocycles. The molecule has 3 heteroatoms. The lowest BCUT2D eigenvalue weighted by Gasteiger charge is -2.03. The van der Waals surface area contributed by atoms with Crippen molar-refractivity contribution in [3.63, 3.8) is 0 Å². The van der Waals surface area contributed by atoms with Crippen LogP contribution in [0.3, 0.4) is 0 Å². The fourth-order valence-corrected chi connectivity index (χ4v) is 1.51. The molecular formula is C9H7Cl3. The maximum atomic E-state index is 5.91. The zero-order valence-electron chi connectivity index (χ0n) is 6.28. The van der Waals surface area contributed by atoms with Gasteiger partial charge in [0, 0.05) is 0 Å². The average Bonchev–Trinajstić information content (AvgIpc) is 2.07. The minimum atomic E-state index is 0.415. The molecule has 64 valence electrons. The van der Waals surface area contributed by atoms with Gasteiger partial charge in [0.15, 0.2) is 0 Å². The van der Waals surface area contributed by atoms with Gasteiger partial charge >= 0.3 is 0 Å². The molecule has 0 nitrogen and oxygen atoms in total. The Balaban J connectivity index is 3.16. The van der Waals surface area contributed by atoms with Crippen molar-refractivity contribution in [2.45, 2.75) is 6.42 Å². The molecule has 0 bridgehead atoms. The first-order valence-electron chi connectivity index (χ1n) is 3.40. The Morgan fingerprint density at radius 2 is 1.83 bits per heavy atom. The van der Waals surface area contributed by atoms with Crippen molar-refractivity contribution in [1.29, 1.82) is 0 Å². The van der Waals surface area contributed by atoms with Gasteiger partial charge in [-0.15, -0.1) is 6.58 Å². The molecule has 0 unspecified atom stereocenters. The molecule has 0 amide bonds. The first-order valence-corrected chi connectivity index (χ1v) is 4.53. The van der Waals surface area contributed by atoms with Crippen molar-refractivity contribution >= 4 is 34.8 Å². The summed E-state index contributed by atoms with van der Waals surface area (Å²) in [6.45, 7) is 3.61. The van der Waals surface area contributed by atoms with Crippen LogP contribution >= 0.6 is 34.8 Å². The van der Waals surface area contributed by atoms with Crippen LogP contribution in [-0.2, 0) is 6.42 Å². The minimum absolute atomic E-state index is 0.415. The first kappa shape index (κ1) is 9.91. The van der Waals surface area contributed by atoms with Crippen LogP contribution in [0, 0.1) is 0 Å². The molecule has 0 N–H and O–H groups in total. The highest BCUT2D eigenvalue weighted by molar-refractivity contribution is 6.48. The minimum Gasteiger partial charge on any atom is -0.103 e. The summed E-state index contributed by atoms with van der Waals surface area (Å²) in [7, 11) is 0. The molecule has 1 aromatic carbocycles. The van der Waals surface area contributed by atoms with Gasteiger partial charge in [0.2, 0.25) is 0 Å². The molecule has 0 heterocycles. The van der Waals surface area contributed by atoms with Crippen molar-refractivity contribution in [3.05, 3.63) is 45.4 Å². The lowest BCUT2D eigenvalue weighted by Crippen LogP contribution is -1.83. The van der Waals surface area contributed by atoms with Gasteiger partial charge in [-0.05, 0) is 18.1 Å². The molecule has 0 spiro atoms. The van der Waals surface area contributed by atoms with Crippen molar-refractivity contribution in [2.75, 3.05) is 0 Å². The summed E-state index contributed by atoms with van der Waals surface area (Å²) in [4.78, 5) is 0. The molecule has 0 radical (unpaired) electrons. The third-order valence-corrected chi connectivity index (χ3v) is 2.81. The molecule has 0 fully saturated rings. The van der Waals surface area contributed by atoms with E-state index in [-0.39, 0.29) is 0 Å². The Morgan fingerprint density at radius 1 is 1.17 bits per heavy atom. The molecular weight excluding hydrogens is 214 g/mol. The molecule has 0 aliphatic rings. The van der Waals surface area contributed by atoms with Crippen molar-refractivity contribution in [1.82, 2.24) is 0 Å². The van der Waals surface area contributed by atoms with E-state index in [0.29, 0.717) is 21.5 Å². The van der Waals surface area contributed by atoms with Gasteiger partial charge in [-0.1, -0.05) is 46.9 Å². The van der Waals surface area contributed by atoms with Gasteiger partial charge < -0.3 is 0 Å². The van der Waals surface area contributed by atoms with Crippen LogP contribution in [0.15, 0.2) is 24.8 Å². The maximum absolute atomic E-state index is 5.91. The number of allylic oxidation sites excluding steroid dienone is 1. The number of rotatable bonds is 2. The quantitative estimate of drug-likeness (QED) is 0.514. The van der Waals surface area contributed by atoms with Crippen LogP contribution in [0.25, 0.3) is 0 Å². The summed E-state index contributed by atoms with van der Waals surface area (Å²) >= 11 is 17.5. The van der Waals surface area contributed by atoms with Gasteiger partial charge in [-0.25, -0.2) is 0 Å². The van der Waals surface area contributed by atoms with Gasteiger partial charge in [-0.2, -0.15) is 0 Å². The summed E-state index contributed by atoms with van der Waals surface area (Å²) in [5.74, 6) is 0. The van der Waals surface area contributed by atoms with Crippen molar-refractivity contribution in [2.24, 2.45) is 0 Å². The van der Waals surface area contributed by atoms with Crippen LogP contribution < -0.4 is 0 Å². The maximum Gasteiger partial charge on any atom is 0.0781 e. The van der Waals surface area contributed by atoms with E-state index in [9.17, 15) is 0 Å². The second kappa shape index (κ2) is 4.18. The van der Waals surface area contributed by atoms with E-state index >= 15 is 0 Å². The Bertz CT molecular complexity index is 305. The van der Waals surface area contributed by atoms with E-state index in [2.05, 4.69) is 6.58 Å². The third kappa shape index (κ3) is 1.95. The number of hydrogen-bond donors (Lipinski definition) is 0. The van der Waals surface area contributed by atoms with E-state index in [4.69, 9.17) is 34.8 Å². The zero-order valence-corrected chi connectivity index (χ0v) is 8.55. The molecule has 0 aromatic heterocycles. The SMILES string of the molecule is C=CCc1ccc(Cl)c(Cl)c1Cl. The lowest BCUT2D eigenvalue weighted by atomic mass is 10.1. The molecule has 0 saturated carbocycles. The van der Waals surface area contributed by atoms with Gasteiger partial charge in [0.05, 0.1) is 15.1 Å². The number of halogens is 3. The summed E-state index contributed by atoms with van der Waals surface area (Å²) in [6, 6.07) is 3.58. The zero-order chi connectivity index (χ0) is 9.14. The van der Waals surface area contributed by atoms with Crippen LogP contribution in [0.2, 0.25) is 15.1 Å². The van der Waals surface area contributed by atoms with Gasteiger partial charge in [0.25, 0.3) is 0 Å². The van der Waals surface area contributed by atoms with Gasteiger partial charge in [0.1, 0.15) is 0 Å². The predicted molar refractivity (Wildman–Crippen MR) is 55.4 cm³/mol.